The minimum Gasteiger partial charge on any atom is -0.462 e. The van der Waals surface area contributed by atoms with Gasteiger partial charge in [-0.1, -0.05) is 26.3 Å². The lowest BCUT2D eigenvalue weighted by Crippen LogP contribution is -2.96. The van der Waals surface area contributed by atoms with Crippen molar-refractivity contribution in [3.05, 3.63) is 11.6 Å². The topological polar surface area (TPSA) is 164 Å². The first-order chi connectivity index (χ1) is 19.5. The molecule has 1 N–H and O–H groups in total. The number of ether oxygens (including phenoxy) is 6. The van der Waals surface area contributed by atoms with Gasteiger partial charge >= 0.3 is 29.8 Å². The Kier molecular flexibility index (Phi) is 6.90. The summed E-state index contributed by atoms with van der Waals surface area (Å²) >= 11 is 0. The number of rotatable bonds is 6. The number of carbonyl (C=O) groups excluding carboxylic acids is 5. The molecule has 5 aliphatic rings. The maximum Gasteiger partial charge on any atom is 0.342 e. The van der Waals surface area contributed by atoms with Crippen LogP contribution in [0.5, 0.6) is 0 Å². The molecule has 0 aromatic carbocycles. The van der Waals surface area contributed by atoms with Crippen LogP contribution in [-0.2, 0) is 52.4 Å². The third kappa shape index (κ3) is 3.45. The highest BCUT2D eigenvalue weighted by Gasteiger charge is 3.04. The molecule has 0 aromatic rings. The maximum atomic E-state index is 13.4. The molecule has 0 radical (unpaired) electrons. The molecule has 2 aliphatic heterocycles. The minimum absolute atomic E-state index is 0.0125. The summed E-state index contributed by atoms with van der Waals surface area (Å²) in [5.74, 6) is -5.06. The summed E-state index contributed by atoms with van der Waals surface area (Å²) in [6.45, 7) is 12.1. The van der Waals surface area contributed by atoms with Gasteiger partial charge in [-0.15, -0.1) is 0 Å². The first-order valence-corrected chi connectivity index (χ1v) is 14.5. The summed E-state index contributed by atoms with van der Waals surface area (Å²) in [4.78, 5) is 65.4. The fourth-order valence-electron chi connectivity index (χ4n) is 9.08. The maximum absolute atomic E-state index is 13.4. The van der Waals surface area contributed by atoms with Crippen molar-refractivity contribution in [2.24, 2.45) is 17.3 Å². The predicted octanol–water partition coefficient (Wildman–Crippen LogP) is 2.07. The van der Waals surface area contributed by atoms with E-state index in [1.807, 2.05) is 6.92 Å². The van der Waals surface area contributed by atoms with Gasteiger partial charge in [-0.05, 0) is 32.3 Å². The zero-order chi connectivity index (χ0) is 31.2. The van der Waals surface area contributed by atoms with Crippen molar-refractivity contribution in [3.8, 4) is 0 Å². The van der Waals surface area contributed by atoms with Gasteiger partial charge in [0.25, 0.3) is 0 Å². The molecule has 0 unspecified atom stereocenters. The zero-order valence-electron chi connectivity index (χ0n) is 25.3. The van der Waals surface area contributed by atoms with Crippen LogP contribution in [0.2, 0.25) is 0 Å². The summed E-state index contributed by atoms with van der Waals surface area (Å²) in [5, 5.41) is 11.3. The fourth-order valence-corrected chi connectivity index (χ4v) is 9.08. The van der Waals surface area contributed by atoms with E-state index in [0.29, 0.717) is 12.0 Å². The molecule has 0 aromatic heterocycles. The van der Waals surface area contributed by atoms with Crippen LogP contribution in [0.4, 0.5) is 0 Å². The molecule has 42 heavy (non-hydrogen) atoms. The van der Waals surface area contributed by atoms with Gasteiger partial charge in [-0.25, -0.2) is 4.79 Å². The second-order valence-corrected chi connectivity index (χ2v) is 12.8. The smallest absolute Gasteiger partial charge is 0.342 e. The van der Waals surface area contributed by atoms with Crippen LogP contribution in [0.25, 0.3) is 0 Å². The molecule has 5 rings (SSSR count). The van der Waals surface area contributed by atoms with Gasteiger partial charge in [0.05, 0.1) is 11.5 Å². The van der Waals surface area contributed by atoms with Crippen LogP contribution in [-0.4, -0.2) is 81.8 Å². The number of epoxide rings is 1. The first kappa shape index (κ1) is 30.5. The van der Waals surface area contributed by atoms with Gasteiger partial charge in [0.2, 0.25) is 11.2 Å². The average Bonchev–Trinajstić information content (AvgIpc) is 3.45. The van der Waals surface area contributed by atoms with Crippen LogP contribution >= 0.6 is 0 Å². The molecule has 0 bridgehead atoms. The average molecular weight is 593 g/mol. The zero-order valence-corrected chi connectivity index (χ0v) is 25.3. The van der Waals surface area contributed by atoms with Gasteiger partial charge in [-0.2, -0.15) is 0 Å². The summed E-state index contributed by atoms with van der Waals surface area (Å²) in [6, 6.07) is 0. The van der Waals surface area contributed by atoms with Crippen molar-refractivity contribution >= 4 is 29.8 Å². The summed E-state index contributed by atoms with van der Waals surface area (Å²) in [7, 11) is 0. The van der Waals surface area contributed by atoms with E-state index in [4.69, 9.17) is 28.4 Å². The van der Waals surface area contributed by atoms with Gasteiger partial charge in [0.1, 0.15) is 12.2 Å². The lowest BCUT2D eigenvalue weighted by Gasteiger charge is -2.78. The van der Waals surface area contributed by atoms with Gasteiger partial charge in [-0.3, -0.25) is 19.2 Å². The number of carbonyl (C=O) groups is 5. The molecular formula is C30H40O12. The monoisotopic (exact) mass is 592 g/mol. The van der Waals surface area contributed by atoms with Crippen LogP contribution in [0.3, 0.4) is 0 Å². The molecule has 12 nitrogen and oxygen atoms in total. The van der Waals surface area contributed by atoms with Crippen LogP contribution < -0.4 is 0 Å². The number of fused-ring (bicyclic) bond motifs is 4. The summed E-state index contributed by atoms with van der Waals surface area (Å²) in [6.07, 6.45) is -2.24. The Morgan fingerprint density at radius 1 is 1.00 bits per heavy atom. The van der Waals surface area contributed by atoms with Crippen LogP contribution in [0, 0.1) is 17.3 Å². The highest BCUT2D eigenvalue weighted by Crippen LogP contribution is 2.82. The molecule has 4 fully saturated rings. The number of hydrogen-bond acceptors (Lipinski definition) is 12. The molecule has 2 saturated heterocycles. The molecule has 2 heterocycles. The van der Waals surface area contributed by atoms with Crippen molar-refractivity contribution in [1.82, 2.24) is 0 Å². The second-order valence-electron chi connectivity index (χ2n) is 12.8. The first-order valence-electron chi connectivity index (χ1n) is 14.5. The van der Waals surface area contributed by atoms with E-state index in [0.717, 1.165) is 0 Å². The highest BCUT2D eigenvalue weighted by atomic mass is 16.7. The van der Waals surface area contributed by atoms with E-state index >= 15 is 0 Å². The molecular weight excluding hydrogens is 552 g/mol. The Labute approximate surface area is 244 Å². The minimum atomic E-state index is -2.04. The molecule has 0 amide bonds. The fraction of sp³-hybridized carbons (Fsp3) is 0.767. The van der Waals surface area contributed by atoms with E-state index in [-0.39, 0.29) is 19.3 Å². The second kappa shape index (κ2) is 9.51. The van der Waals surface area contributed by atoms with Crippen molar-refractivity contribution in [2.45, 2.75) is 128 Å². The molecule has 12 heteroatoms. The Balaban J connectivity index is 1.92. The molecule has 1 spiro atoms. The molecule has 3 aliphatic carbocycles. The quantitative estimate of drug-likeness (QED) is 0.207. The van der Waals surface area contributed by atoms with E-state index in [1.54, 1.807) is 26.8 Å². The summed E-state index contributed by atoms with van der Waals surface area (Å²) < 4.78 is 36.9. The number of aliphatic hydroxyl groups excluding tert-OH is 1. The van der Waals surface area contributed by atoms with Crippen molar-refractivity contribution in [2.75, 3.05) is 0 Å². The molecule has 11 atom stereocenters. The highest BCUT2D eigenvalue weighted by molar-refractivity contribution is 5.90. The van der Waals surface area contributed by atoms with E-state index in [9.17, 15) is 29.1 Å². The standard InChI is InChI=1S/C30H40O12/c1-9-10-23(35)38-21-11-14(2)12-22-29(27(8,42-29)25(36)39-22)30(41-18(6)33)24-15(3)19(34)13-20(37-16(4)31)26(24,7)28(21,30)40-17(5)32/h12,15,19-22,24,34H,9-11,13H2,1-8H3/b14-12-/t15-,19-,20-,21-,22-,24-,26-,27+,28+,29+,30-/m0/s1. The van der Waals surface area contributed by atoms with Crippen LogP contribution in [0.15, 0.2) is 11.6 Å². The van der Waals surface area contributed by atoms with Crippen molar-refractivity contribution in [3.63, 3.8) is 0 Å². The normalized spacial score (nSPS) is 47.6. The van der Waals surface area contributed by atoms with Crippen molar-refractivity contribution < 1.29 is 57.5 Å². The van der Waals surface area contributed by atoms with E-state index in [1.165, 1.54) is 27.7 Å². The summed E-state index contributed by atoms with van der Waals surface area (Å²) in [5.41, 5.74) is -8.18. The molecule has 2 saturated carbocycles. The van der Waals surface area contributed by atoms with E-state index < -0.39 is 93.9 Å². The number of aliphatic hydroxyl groups is 1. The number of esters is 5. The van der Waals surface area contributed by atoms with Gasteiger partial charge in [0, 0.05) is 46.0 Å². The lowest BCUT2D eigenvalue weighted by atomic mass is 9.30. The Bertz CT molecular complexity index is 1270. The van der Waals surface area contributed by atoms with Crippen LogP contribution in [0.1, 0.15) is 81.1 Å². The molecule has 232 valence electrons. The largest absolute Gasteiger partial charge is 0.462 e. The Morgan fingerprint density at radius 3 is 2.17 bits per heavy atom. The number of hydrogen-bond donors (Lipinski definition) is 1. The Hall–Kier alpha value is -2.99. The predicted molar refractivity (Wildman–Crippen MR) is 141 cm³/mol. The lowest BCUT2D eigenvalue weighted by molar-refractivity contribution is -0.433. The van der Waals surface area contributed by atoms with E-state index in [2.05, 4.69) is 0 Å². The third-order valence-corrected chi connectivity index (χ3v) is 10.3. The Morgan fingerprint density at radius 2 is 1.62 bits per heavy atom. The van der Waals surface area contributed by atoms with Gasteiger partial charge in [0.15, 0.2) is 17.3 Å². The third-order valence-electron chi connectivity index (χ3n) is 10.3. The SMILES string of the molecule is CCCC(=O)O[C@H]1C/C(C)=C\[C@@H]2OC(=O)[C@@]3(C)O[C@]23[C@]2(OC(C)=O)[C@H]3[C@@H](C)[C@@H](O)C[C@H](OC(C)=O)[C@]3(C)[C@]12OC(C)=O. The van der Waals surface area contributed by atoms with Crippen molar-refractivity contribution in [1.29, 1.82) is 0 Å². The van der Waals surface area contributed by atoms with Gasteiger partial charge < -0.3 is 33.5 Å².